The highest BCUT2D eigenvalue weighted by atomic mass is 79.9. The molecule has 0 atom stereocenters. The lowest BCUT2D eigenvalue weighted by Crippen LogP contribution is -2.03. The van der Waals surface area contributed by atoms with Crippen LogP contribution in [0.4, 0.5) is 0 Å². The van der Waals surface area contributed by atoms with Crippen LogP contribution in [0.3, 0.4) is 0 Å². The highest BCUT2D eigenvalue weighted by Crippen LogP contribution is 2.19. The fourth-order valence-electron chi connectivity index (χ4n) is 2.13. The topological polar surface area (TPSA) is 57.3 Å². The minimum absolute atomic E-state index is 0.127. The Morgan fingerprint density at radius 1 is 1.33 bits per heavy atom. The third-order valence-electron chi connectivity index (χ3n) is 3.33. The number of aromatic nitrogens is 2. The summed E-state index contributed by atoms with van der Waals surface area (Å²) in [5, 5.41) is 3.97. The fraction of sp³-hybridized carbons (Fsp3) is 0.111. The van der Waals surface area contributed by atoms with Crippen LogP contribution in [0.2, 0.25) is 0 Å². The Balaban J connectivity index is 1.60. The van der Waals surface area contributed by atoms with E-state index in [1.54, 1.807) is 31.5 Å². The first-order valence-corrected chi connectivity index (χ1v) is 8.08. The molecule has 0 fully saturated rings. The van der Waals surface area contributed by atoms with E-state index in [1.165, 1.54) is 10.8 Å². The van der Waals surface area contributed by atoms with Gasteiger partial charge in [-0.3, -0.25) is 9.48 Å². The van der Waals surface area contributed by atoms with Gasteiger partial charge in [0.25, 0.3) is 0 Å². The van der Waals surface area contributed by atoms with Crippen LogP contribution >= 0.6 is 15.9 Å². The SMILES string of the molecule is Cn1nccc1C(=O)/C=C/c1ccc(COc2cccc(Br)c2)o1. The summed E-state index contributed by atoms with van der Waals surface area (Å²) in [6, 6.07) is 12.9. The first-order chi connectivity index (χ1) is 11.6. The molecule has 2 heterocycles. The molecule has 0 aliphatic carbocycles. The number of hydrogen-bond donors (Lipinski definition) is 0. The zero-order chi connectivity index (χ0) is 16.9. The molecule has 6 heteroatoms. The number of ether oxygens (including phenoxy) is 1. The van der Waals surface area contributed by atoms with Crippen molar-refractivity contribution in [3.8, 4) is 5.75 Å². The number of carbonyl (C=O) groups is 1. The molecular formula is C18H15BrN2O3. The normalized spacial score (nSPS) is 11.1. The second kappa shape index (κ2) is 7.31. The van der Waals surface area contributed by atoms with E-state index in [0.29, 0.717) is 23.8 Å². The van der Waals surface area contributed by atoms with Crippen LogP contribution in [0, 0.1) is 0 Å². The Morgan fingerprint density at radius 3 is 2.96 bits per heavy atom. The fourth-order valence-corrected chi connectivity index (χ4v) is 2.51. The lowest BCUT2D eigenvalue weighted by Gasteiger charge is -2.04. The monoisotopic (exact) mass is 386 g/mol. The van der Waals surface area contributed by atoms with E-state index in [2.05, 4.69) is 21.0 Å². The van der Waals surface area contributed by atoms with Crippen LogP contribution in [-0.4, -0.2) is 15.6 Å². The van der Waals surface area contributed by atoms with Crippen LogP contribution in [0.15, 0.2) is 63.6 Å². The maximum Gasteiger partial charge on any atom is 0.203 e. The summed E-state index contributed by atoms with van der Waals surface area (Å²) in [6.07, 6.45) is 4.69. The largest absolute Gasteiger partial charge is 0.486 e. The molecule has 0 bridgehead atoms. The first-order valence-electron chi connectivity index (χ1n) is 7.29. The summed E-state index contributed by atoms with van der Waals surface area (Å²) >= 11 is 3.40. The number of nitrogens with zero attached hydrogens (tertiary/aromatic N) is 2. The van der Waals surface area contributed by atoms with Gasteiger partial charge >= 0.3 is 0 Å². The Morgan fingerprint density at radius 2 is 2.21 bits per heavy atom. The molecule has 0 unspecified atom stereocenters. The second-order valence-electron chi connectivity index (χ2n) is 5.09. The average Bonchev–Trinajstić information content (AvgIpc) is 3.19. The van der Waals surface area contributed by atoms with Crippen molar-refractivity contribution in [1.29, 1.82) is 0 Å². The number of furan rings is 1. The van der Waals surface area contributed by atoms with E-state index >= 15 is 0 Å². The minimum atomic E-state index is -0.127. The van der Waals surface area contributed by atoms with Gasteiger partial charge in [-0.1, -0.05) is 22.0 Å². The van der Waals surface area contributed by atoms with Crippen molar-refractivity contribution in [1.82, 2.24) is 9.78 Å². The molecular weight excluding hydrogens is 372 g/mol. The van der Waals surface area contributed by atoms with Crippen LogP contribution in [0.5, 0.6) is 5.75 Å². The summed E-state index contributed by atoms with van der Waals surface area (Å²) in [5.74, 6) is 1.91. The molecule has 24 heavy (non-hydrogen) atoms. The molecule has 0 N–H and O–H groups in total. The molecule has 3 aromatic rings. The molecule has 0 saturated heterocycles. The van der Waals surface area contributed by atoms with Gasteiger partial charge in [-0.05, 0) is 48.6 Å². The van der Waals surface area contributed by atoms with Crippen molar-refractivity contribution in [2.24, 2.45) is 7.05 Å². The summed E-state index contributed by atoms with van der Waals surface area (Å²) in [5.41, 5.74) is 0.524. The van der Waals surface area contributed by atoms with Crippen molar-refractivity contribution in [3.63, 3.8) is 0 Å². The van der Waals surface area contributed by atoms with Gasteiger partial charge in [0.2, 0.25) is 5.78 Å². The van der Waals surface area contributed by atoms with Gasteiger partial charge in [0.05, 0.1) is 0 Å². The molecule has 0 radical (unpaired) electrons. The lowest BCUT2D eigenvalue weighted by atomic mass is 10.2. The highest BCUT2D eigenvalue weighted by Gasteiger charge is 2.07. The Bertz CT molecular complexity index is 880. The average molecular weight is 387 g/mol. The molecule has 2 aromatic heterocycles. The Labute approximate surface area is 147 Å². The number of aryl methyl sites for hydroxylation is 1. The number of halogens is 1. The molecule has 0 saturated carbocycles. The Hall–Kier alpha value is -2.60. The quantitative estimate of drug-likeness (QED) is 0.469. The summed E-state index contributed by atoms with van der Waals surface area (Å²) in [6.45, 7) is 0.319. The minimum Gasteiger partial charge on any atom is -0.486 e. The highest BCUT2D eigenvalue weighted by molar-refractivity contribution is 9.10. The maximum absolute atomic E-state index is 12.0. The standard InChI is InChI=1S/C18H15BrN2O3/c1-21-17(9-10-20-21)18(22)8-7-14-5-6-16(24-14)12-23-15-4-2-3-13(19)11-15/h2-11H,12H2,1H3/b8-7+. The summed E-state index contributed by atoms with van der Waals surface area (Å²) < 4.78 is 13.8. The third kappa shape index (κ3) is 4.02. The van der Waals surface area contributed by atoms with Gasteiger partial charge in [-0.2, -0.15) is 5.10 Å². The van der Waals surface area contributed by atoms with Gasteiger partial charge in [0.15, 0.2) is 0 Å². The summed E-state index contributed by atoms with van der Waals surface area (Å²) in [4.78, 5) is 12.0. The predicted molar refractivity (Wildman–Crippen MR) is 93.8 cm³/mol. The van der Waals surface area contributed by atoms with Crippen molar-refractivity contribution in [2.75, 3.05) is 0 Å². The van der Waals surface area contributed by atoms with Crippen molar-refractivity contribution in [2.45, 2.75) is 6.61 Å². The second-order valence-corrected chi connectivity index (χ2v) is 6.00. The van der Waals surface area contributed by atoms with Gasteiger partial charge < -0.3 is 9.15 Å². The van der Waals surface area contributed by atoms with Crippen molar-refractivity contribution in [3.05, 3.63) is 76.4 Å². The van der Waals surface area contributed by atoms with E-state index in [-0.39, 0.29) is 5.78 Å². The van der Waals surface area contributed by atoms with Crippen molar-refractivity contribution < 1.29 is 13.9 Å². The van der Waals surface area contributed by atoms with Gasteiger partial charge in [0, 0.05) is 17.7 Å². The Kier molecular flexibility index (Phi) is 4.96. The molecule has 0 spiro atoms. The molecule has 0 aliphatic rings. The number of hydrogen-bond acceptors (Lipinski definition) is 4. The van der Waals surface area contributed by atoms with Crippen LogP contribution in [0.25, 0.3) is 6.08 Å². The van der Waals surface area contributed by atoms with E-state index in [0.717, 1.165) is 10.2 Å². The molecule has 5 nitrogen and oxygen atoms in total. The van der Waals surface area contributed by atoms with Crippen LogP contribution < -0.4 is 4.74 Å². The molecule has 122 valence electrons. The maximum atomic E-state index is 12.0. The van der Waals surface area contributed by atoms with E-state index < -0.39 is 0 Å². The summed E-state index contributed by atoms with van der Waals surface area (Å²) in [7, 11) is 1.73. The molecule has 3 rings (SSSR count). The molecule has 0 aliphatic heterocycles. The number of ketones is 1. The molecule has 1 aromatic carbocycles. The van der Waals surface area contributed by atoms with Gasteiger partial charge in [-0.15, -0.1) is 0 Å². The zero-order valence-electron chi connectivity index (χ0n) is 13.0. The van der Waals surface area contributed by atoms with Crippen molar-refractivity contribution >= 4 is 27.8 Å². The zero-order valence-corrected chi connectivity index (χ0v) is 14.6. The number of benzene rings is 1. The lowest BCUT2D eigenvalue weighted by molar-refractivity contribution is 0.103. The first kappa shape index (κ1) is 16.3. The number of allylic oxidation sites excluding steroid dienone is 1. The van der Waals surface area contributed by atoms with E-state index in [4.69, 9.17) is 9.15 Å². The smallest absolute Gasteiger partial charge is 0.203 e. The van der Waals surface area contributed by atoms with Crippen LogP contribution in [-0.2, 0) is 13.7 Å². The predicted octanol–water partition coefficient (Wildman–Crippen LogP) is 4.25. The van der Waals surface area contributed by atoms with E-state index in [9.17, 15) is 4.79 Å². The van der Waals surface area contributed by atoms with Gasteiger partial charge in [-0.25, -0.2) is 0 Å². The number of rotatable bonds is 6. The van der Waals surface area contributed by atoms with E-state index in [1.807, 2.05) is 30.3 Å². The number of carbonyl (C=O) groups excluding carboxylic acids is 1. The molecule has 0 amide bonds. The third-order valence-corrected chi connectivity index (χ3v) is 3.83. The van der Waals surface area contributed by atoms with Crippen LogP contribution in [0.1, 0.15) is 22.0 Å². The van der Waals surface area contributed by atoms with Gasteiger partial charge in [0.1, 0.15) is 29.6 Å².